The third kappa shape index (κ3) is 7.34. The highest BCUT2D eigenvalue weighted by molar-refractivity contribution is 6.34. The molecule has 0 bridgehead atoms. The van der Waals surface area contributed by atoms with Crippen LogP contribution in [0.4, 0.5) is 0 Å². The van der Waals surface area contributed by atoms with E-state index in [9.17, 15) is 9.59 Å². The van der Waals surface area contributed by atoms with Gasteiger partial charge in [0.1, 0.15) is 11.4 Å². The van der Waals surface area contributed by atoms with Crippen LogP contribution in [0, 0.1) is 0 Å². The van der Waals surface area contributed by atoms with Gasteiger partial charge < -0.3 is 21.1 Å². The number of halogens is 1. The summed E-state index contributed by atoms with van der Waals surface area (Å²) in [4.78, 5) is 34.0. The minimum absolute atomic E-state index is 0.0188. The molecule has 0 aromatic heterocycles. The summed E-state index contributed by atoms with van der Waals surface area (Å²) in [7, 11) is 0. The lowest BCUT2D eigenvalue weighted by molar-refractivity contribution is -0.137. The SMILES string of the molecule is CCC(N)=C(C(=O)OCC(=O)c1ccccc1Cl)C(N)=NCCN1CCN(CC)CC1. The molecule has 9 heteroatoms. The van der Waals surface area contributed by atoms with E-state index in [-0.39, 0.29) is 22.7 Å². The first kappa shape index (κ1) is 24.8. The maximum absolute atomic E-state index is 12.6. The molecule has 4 N–H and O–H groups in total. The van der Waals surface area contributed by atoms with Gasteiger partial charge >= 0.3 is 5.97 Å². The van der Waals surface area contributed by atoms with Crippen molar-refractivity contribution in [1.29, 1.82) is 0 Å². The van der Waals surface area contributed by atoms with Crippen LogP contribution in [0.3, 0.4) is 0 Å². The fourth-order valence-corrected chi connectivity index (χ4v) is 3.51. The van der Waals surface area contributed by atoms with Crippen LogP contribution in [-0.2, 0) is 9.53 Å². The molecule has 1 fully saturated rings. The molecular weight excluding hydrogens is 418 g/mol. The number of ketones is 1. The van der Waals surface area contributed by atoms with Gasteiger partial charge in [0.25, 0.3) is 0 Å². The maximum atomic E-state index is 12.6. The number of ether oxygens (including phenoxy) is 1. The van der Waals surface area contributed by atoms with Crippen LogP contribution in [0.1, 0.15) is 30.6 Å². The monoisotopic (exact) mass is 449 g/mol. The second-order valence-corrected chi connectivity index (χ2v) is 7.68. The maximum Gasteiger partial charge on any atom is 0.344 e. The van der Waals surface area contributed by atoms with Crippen molar-refractivity contribution >= 4 is 29.2 Å². The fourth-order valence-electron chi connectivity index (χ4n) is 3.27. The molecule has 170 valence electrons. The van der Waals surface area contributed by atoms with Crippen molar-refractivity contribution in [3.05, 3.63) is 46.1 Å². The average molecular weight is 450 g/mol. The summed E-state index contributed by atoms with van der Waals surface area (Å²) in [5.74, 6) is -1.14. The number of amidine groups is 1. The van der Waals surface area contributed by atoms with Gasteiger partial charge in [-0.3, -0.25) is 14.7 Å². The number of hydrogen-bond donors (Lipinski definition) is 2. The van der Waals surface area contributed by atoms with Crippen molar-refractivity contribution < 1.29 is 14.3 Å². The smallest absolute Gasteiger partial charge is 0.344 e. The van der Waals surface area contributed by atoms with Gasteiger partial charge in [0.2, 0.25) is 5.78 Å². The van der Waals surface area contributed by atoms with Crippen molar-refractivity contribution in [2.75, 3.05) is 52.4 Å². The predicted octanol–water partition coefficient (Wildman–Crippen LogP) is 1.68. The van der Waals surface area contributed by atoms with Crippen molar-refractivity contribution in [3.63, 3.8) is 0 Å². The van der Waals surface area contributed by atoms with Crippen LogP contribution < -0.4 is 11.5 Å². The van der Waals surface area contributed by atoms with E-state index in [1.165, 1.54) is 0 Å². The van der Waals surface area contributed by atoms with Gasteiger partial charge in [0.05, 0.1) is 11.6 Å². The first-order chi connectivity index (χ1) is 14.9. The minimum Gasteiger partial charge on any atom is -0.454 e. The molecule has 0 spiro atoms. The van der Waals surface area contributed by atoms with Crippen LogP contribution in [-0.4, -0.2) is 79.8 Å². The summed E-state index contributed by atoms with van der Waals surface area (Å²) in [6.45, 7) is 9.80. The predicted molar refractivity (Wildman–Crippen MR) is 123 cm³/mol. The standard InChI is InChI=1S/C22H32ClN5O3/c1-3-18(24)20(21(25)26-9-10-28-13-11-27(4-2)12-14-28)22(30)31-15-19(29)16-7-5-6-8-17(16)23/h5-8H,3-4,9-15,24H2,1-2H3,(H2,25,26). The van der Waals surface area contributed by atoms with Gasteiger partial charge in [-0.25, -0.2) is 4.79 Å². The second kappa shape index (κ2) is 12.4. The Bertz CT molecular complexity index is 832. The molecule has 0 atom stereocenters. The number of esters is 1. The van der Waals surface area contributed by atoms with E-state index < -0.39 is 18.4 Å². The van der Waals surface area contributed by atoms with Gasteiger partial charge in [0, 0.05) is 44.0 Å². The average Bonchev–Trinajstić information content (AvgIpc) is 2.78. The van der Waals surface area contributed by atoms with Gasteiger partial charge in [0.15, 0.2) is 6.61 Å². The van der Waals surface area contributed by atoms with Crippen LogP contribution in [0.25, 0.3) is 0 Å². The molecule has 1 aromatic rings. The number of hydrogen-bond acceptors (Lipinski definition) is 7. The summed E-state index contributed by atoms with van der Waals surface area (Å²) >= 11 is 6.02. The molecule has 0 radical (unpaired) electrons. The number of rotatable bonds is 10. The van der Waals surface area contributed by atoms with Crippen molar-refractivity contribution in [3.8, 4) is 0 Å². The van der Waals surface area contributed by atoms with Gasteiger partial charge in [-0.05, 0) is 25.1 Å². The number of aliphatic imine (C=N–C) groups is 1. The van der Waals surface area contributed by atoms with Crippen molar-refractivity contribution in [2.45, 2.75) is 20.3 Å². The lowest BCUT2D eigenvalue weighted by Crippen LogP contribution is -2.46. The number of carbonyl (C=O) groups is 2. The second-order valence-electron chi connectivity index (χ2n) is 7.28. The molecule has 31 heavy (non-hydrogen) atoms. The van der Waals surface area contributed by atoms with Crippen LogP contribution in [0.5, 0.6) is 0 Å². The molecule has 1 aliphatic heterocycles. The largest absolute Gasteiger partial charge is 0.454 e. The lowest BCUT2D eigenvalue weighted by Gasteiger charge is -2.33. The summed E-state index contributed by atoms with van der Waals surface area (Å²) in [6.07, 6.45) is 0.401. The zero-order valence-corrected chi connectivity index (χ0v) is 19.0. The molecule has 2 rings (SSSR count). The highest BCUT2D eigenvalue weighted by Gasteiger charge is 2.21. The summed E-state index contributed by atoms with van der Waals surface area (Å²) < 4.78 is 5.18. The van der Waals surface area contributed by atoms with E-state index in [1.807, 2.05) is 0 Å². The highest BCUT2D eigenvalue weighted by Crippen LogP contribution is 2.16. The molecule has 1 aromatic carbocycles. The highest BCUT2D eigenvalue weighted by atomic mass is 35.5. The lowest BCUT2D eigenvalue weighted by atomic mass is 10.1. The quantitative estimate of drug-likeness (QED) is 0.183. The summed E-state index contributed by atoms with van der Waals surface area (Å²) in [5, 5.41) is 0.299. The third-order valence-electron chi connectivity index (χ3n) is 5.28. The number of allylic oxidation sites excluding steroid dienone is 1. The number of likely N-dealkylation sites (N-methyl/N-ethyl adjacent to an activating group) is 1. The number of Topliss-reactive ketones (excluding diaryl/α,β-unsaturated/α-hetero) is 1. The molecular formula is C22H32ClN5O3. The zero-order valence-electron chi connectivity index (χ0n) is 18.3. The van der Waals surface area contributed by atoms with Gasteiger partial charge in [-0.1, -0.05) is 37.6 Å². The van der Waals surface area contributed by atoms with Crippen LogP contribution in [0.2, 0.25) is 5.02 Å². The van der Waals surface area contributed by atoms with Crippen LogP contribution in [0.15, 0.2) is 40.5 Å². The van der Waals surface area contributed by atoms with Crippen molar-refractivity contribution in [1.82, 2.24) is 9.80 Å². The Kier molecular flexibility index (Phi) is 9.97. The Hall–Kier alpha value is -2.42. The first-order valence-electron chi connectivity index (χ1n) is 10.6. The molecule has 1 saturated heterocycles. The molecule has 1 heterocycles. The van der Waals surface area contributed by atoms with Crippen molar-refractivity contribution in [2.24, 2.45) is 16.5 Å². The number of piperazine rings is 1. The molecule has 8 nitrogen and oxygen atoms in total. The zero-order chi connectivity index (χ0) is 22.8. The third-order valence-corrected chi connectivity index (χ3v) is 5.61. The van der Waals surface area contributed by atoms with E-state index in [1.54, 1.807) is 31.2 Å². The van der Waals surface area contributed by atoms with Gasteiger partial charge in [-0.2, -0.15) is 0 Å². The summed E-state index contributed by atoms with van der Waals surface area (Å²) in [6, 6.07) is 6.58. The Morgan fingerprint density at radius 3 is 2.35 bits per heavy atom. The Morgan fingerprint density at radius 2 is 1.74 bits per heavy atom. The topological polar surface area (TPSA) is 114 Å². The van der Waals surface area contributed by atoms with Crippen LogP contribution >= 0.6 is 11.6 Å². The molecule has 0 unspecified atom stereocenters. The van der Waals surface area contributed by atoms with E-state index >= 15 is 0 Å². The fraction of sp³-hybridized carbons (Fsp3) is 0.500. The number of nitrogens with zero attached hydrogens (tertiary/aromatic N) is 3. The minimum atomic E-state index is -0.766. The van der Waals surface area contributed by atoms with E-state index in [4.69, 9.17) is 27.8 Å². The molecule has 1 aliphatic rings. The number of benzene rings is 1. The molecule has 0 saturated carbocycles. The number of nitrogens with two attached hydrogens (primary N) is 2. The Balaban J connectivity index is 1.95. The molecule has 0 aliphatic carbocycles. The number of carbonyl (C=O) groups excluding carboxylic acids is 2. The van der Waals surface area contributed by atoms with E-state index in [0.717, 1.165) is 39.3 Å². The van der Waals surface area contributed by atoms with E-state index in [0.29, 0.717) is 18.0 Å². The molecule has 0 amide bonds. The van der Waals surface area contributed by atoms with Gasteiger partial charge in [-0.15, -0.1) is 0 Å². The summed E-state index contributed by atoms with van der Waals surface area (Å²) in [5.41, 5.74) is 12.7. The first-order valence-corrected chi connectivity index (χ1v) is 10.9. The Labute approximate surface area is 188 Å². The Morgan fingerprint density at radius 1 is 1.10 bits per heavy atom. The van der Waals surface area contributed by atoms with E-state index in [2.05, 4.69) is 21.7 Å². The normalized spacial score (nSPS) is 16.7.